The standard InChI is InChI=1S/2Cr.Cu.Mn.6O/q;;2*+2;;;4*-1. The van der Waals surface area contributed by atoms with Crippen LogP contribution < -0.4 is 16.6 Å². The molecule has 0 aromatic carbocycles. The van der Waals surface area contributed by atoms with E-state index in [1.807, 2.05) is 0 Å². The van der Waals surface area contributed by atoms with Gasteiger partial charge in [-0.3, -0.25) is 0 Å². The summed E-state index contributed by atoms with van der Waals surface area (Å²) in [6.07, 6.45) is 0. The zero-order chi connectivity index (χ0) is 7.15. The summed E-state index contributed by atoms with van der Waals surface area (Å²) in [7, 11) is 0. The molecular weight excluding hydrogens is 318 g/mol. The van der Waals surface area contributed by atoms with E-state index in [0.29, 0.717) is 0 Å². The van der Waals surface area contributed by atoms with Crippen LogP contribution in [0.2, 0.25) is 0 Å². The van der Waals surface area contributed by atoms with Gasteiger partial charge in [0.2, 0.25) is 0 Å². The maximum absolute atomic E-state index is 8.54. The molecular formula is Cr2CuMnO6. The van der Waals surface area contributed by atoms with E-state index in [1.165, 1.54) is 0 Å². The first-order valence-corrected chi connectivity index (χ1v) is 4.12. The van der Waals surface area contributed by atoms with E-state index in [1.54, 1.807) is 0 Å². The fourth-order valence-corrected chi connectivity index (χ4v) is 0. The minimum absolute atomic E-state index is 0. The molecule has 0 unspecified atom stereocenters. The predicted molar refractivity (Wildman–Crippen MR) is 1.37 cm³/mol. The SMILES string of the molecule is [Cu+2].[Mn+2].[O]=[Cr]([O-])[O-].[O]=[Cr]([O-])[O-]. The summed E-state index contributed by atoms with van der Waals surface area (Å²) in [6.45, 7) is 0. The third kappa shape index (κ3) is 292. The molecule has 0 aliphatic carbocycles. The first-order valence-electron chi connectivity index (χ1n) is 1.00. The molecule has 10 heavy (non-hydrogen) atoms. The van der Waals surface area contributed by atoms with E-state index < -0.39 is 29.5 Å². The maximum atomic E-state index is 8.54. The van der Waals surface area contributed by atoms with Gasteiger partial charge in [0.15, 0.2) is 0 Å². The molecule has 0 fully saturated rings. The normalized spacial score (nSPS) is 7.00. The molecule has 0 aliphatic rings. The number of hydrogen-bond donors (Lipinski definition) is 0. The molecule has 6 nitrogen and oxygen atoms in total. The third-order valence-electron chi connectivity index (χ3n) is 0. The van der Waals surface area contributed by atoms with Gasteiger partial charge < -0.3 is 0 Å². The van der Waals surface area contributed by atoms with Crippen molar-refractivity contribution < 1.29 is 87.9 Å². The topological polar surface area (TPSA) is 126 Å². The van der Waals surface area contributed by atoms with Crippen molar-refractivity contribution in [2.24, 2.45) is 0 Å². The Morgan fingerprint density at radius 2 is 0.800 bits per heavy atom. The Morgan fingerprint density at radius 1 is 0.800 bits per heavy atom. The molecule has 0 amide bonds. The van der Waals surface area contributed by atoms with Crippen molar-refractivity contribution in [3.63, 3.8) is 0 Å². The molecule has 0 aromatic rings. The van der Waals surface area contributed by atoms with Gasteiger partial charge >= 0.3 is 87.9 Å². The van der Waals surface area contributed by atoms with Crippen molar-refractivity contribution in [3.8, 4) is 0 Å². The van der Waals surface area contributed by atoms with Crippen LogP contribution >= 0.6 is 0 Å². The average Bonchev–Trinajstić information content (AvgIpc) is 1.25. The van der Waals surface area contributed by atoms with E-state index >= 15 is 0 Å². The Bertz CT molecular complexity index is 73.7. The Labute approximate surface area is 87.4 Å². The van der Waals surface area contributed by atoms with Crippen LogP contribution in [0, 0.1) is 0 Å². The van der Waals surface area contributed by atoms with Gasteiger partial charge in [-0.2, -0.15) is 0 Å². The molecule has 0 N–H and O–H groups in total. The van der Waals surface area contributed by atoms with Gasteiger partial charge in [0.05, 0.1) is 0 Å². The average molecular weight is 318 g/mol. The first-order chi connectivity index (χ1) is 3.46. The summed E-state index contributed by atoms with van der Waals surface area (Å²) < 4.78 is 51.2. The van der Waals surface area contributed by atoms with Gasteiger partial charge in [0, 0.05) is 0 Å². The quantitative estimate of drug-likeness (QED) is 0.412. The van der Waals surface area contributed by atoms with Gasteiger partial charge in [-0.05, 0) is 0 Å². The molecule has 0 atom stereocenters. The van der Waals surface area contributed by atoms with Crippen molar-refractivity contribution in [1.82, 2.24) is 0 Å². The monoisotopic (exact) mass is 318 g/mol. The van der Waals surface area contributed by atoms with Crippen molar-refractivity contribution in [2.75, 3.05) is 0 Å². The molecule has 0 aromatic heterocycles. The Kier molecular flexibility index (Phi) is 38.1. The second-order valence-electron chi connectivity index (χ2n) is 0.408. The van der Waals surface area contributed by atoms with E-state index in [9.17, 15) is 0 Å². The first kappa shape index (κ1) is 22.6. The Hall–Kier alpha value is 1.54. The van der Waals surface area contributed by atoms with E-state index in [4.69, 9.17) is 24.2 Å². The van der Waals surface area contributed by atoms with Crippen LogP contribution in [0.15, 0.2) is 0 Å². The van der Waals surface area contributed by atoms with Crippen LogP contribution in [0.4, 0.5) is 0 Å². The zero-order valence-electron chi connectivity index (χ0n) is 3.95. The van der Waals surface area contributed by atoms with Crippen LogP contribution in [0.5, 0.6) is 0 Å². The summed E-state index contributed by atoms with van der Waals surface area (Å²) in [6, 6.07) is 0. The molecule has 2 radical (unpaired) electrons. The van der Waals surface area contributed by atoms with Crippen LogP contribution in [-0.4, -0.2) is 0 Å². The summed E-state index contributed by atoms with van der Waals surface area (Å²) in [5.41, 5.74) is 0. The predicted octanol–water partition coefficient (Wildman–Crippen LogP) is -5.00. The van der Waals surface area contributed by atoms with Crippen LogP contribution in [-0.2, 0) is 71.2 Å². The van der Waals surface area contributed by atoms with Gasteiger partial charge in [-0.15, -0.1) is 0 Å². The van der Waals surface area contributed by atoms with E-state index in [-0.39, 0.29) is 34.1 Å². The van der Waals surface area contributed by atoms with Crippen molar-refractivity contribution in [3.05, 3.63) is 0 Å². The summed E-state index contributed by atoms with van der Waals surface area (Å²) in [4.78, 5) is 0. The molecule has 0 spiro atoms. The molecule has 0 aliphatic heterocycles. The second kappa shape index (κ2) is 16.9. The van der Waals surface area contributed by atoms with Gasteiger partial charge in [-0.25, -0.2) is 0 Å². The zero-order valence-corrected chi connectivity index (χ0v) is 8.62. The van der Waals surface area contributed by atoms with Gasteiger partial charge in [-0.1, -0.05) is 0 Å². The van der Waals surface area contributed by atoms with Crippen LogP contribution in [0.1, 0.15) is 0 Å². The van der Waals surface area contributed by atoms with Crippen molar-refractivity contribution in [2.45, 2.75) is 0 Å². The Balaban J connectivity index is -0.0000000300. The second-order valence-corrected chi connectivity index (χ2v) is 1.68. The molecule has 10 heteroatoms. The number of hydrogen-bond acceptors (Lipinski definition) is 6. The van der Waals surface area contributed by atoms with Crippen LogP contribution in [0.25, 0.3) is 0 Å². The molecule has 0 bridgehead atoms. The van der Waals surface area contributed by atoms with Crippen molar-refractivity contribution >= 4 is 0 Å². The molecule has 0 saturated carbocycles. The Morgan fingerprint density at radius 3 is 0.800 bits per heavy atom. The fraction of sp³-hybridized carbons (Fsp3) is 0. The van der Waals surface area contributed by atoms with Crippen LogP contribution in [0.3, 0.4) is 0 Å². The van der Waals surface area contributed by atoms with E-state index in [2.05, 4.69) is 0 Å². The molecule has 0 heterocycles. The fourth-order valence-electron chi connectivity index (χ4n) is 0. The summed E-state index contributed by atoms with van der Waals surface area (Å²) in [5, 5.41) is 0. The van der Waals surface area contributed by atoms with Crippen molar-refractivity contribution in [1.29, 1.82) is 0 Å². The molecule has 66 valence electrons. The third-order valence-corrected chi connectivity index (χ3v) is 0. The number of rotatable bonds is 0. The van der Waals surface area contributed by atoms with Gasteiger partial charge in [0.1, 0.15) is 0 Å². The van der Waals surface area contributed by atoms with Gasteiger partial charge in [0.25, 0.3) is 0 Å². The summed E-state index contributed by atoms with van der Waals surface area (Å²) in [5.74, 6) is 0. The minimum atomic E-state index is -3.79. The van der Waals surface area contributed by atoms with E-state index in [0.717, 1.165) is 0 Å². The molecule has 0 saturated heterocycles. The summed E-state index contributed by atoms with van der Waals surface area (Å²) >= 11 is -7.58. The molecule has 0 rings (SSSR count).